The number of halogens is 2. The summed E-state index contributed by atoms with van der Waals surface area (Å²) in [5.74, 6) is -0.761. The van der Waals surface area contributed by atoms with Crippen LogP contribution in [-0.4, -0.2) is 9.55 Å². The van der Waals surface area contributed by atoms with Crippen LogP contribution < -0.4 is 10.3 Å². The maximum absolute atomic E-state index is 13.4. The Morgan fingerprint density at radius 3 is 3.00 bits per heavy atom. The van der Waals surface area contributed by atoms with E-state index in [1.165, 1.54) is 29.1 Å². The van der Waals surface area contributed by atoms with Gasteiger partial charge in [0.05, 0.1) is 0 Å². The van der Waals surface area contributed by atoms with Gasteiger partial charge < -0.3 is 9.30 Å². The number of ether oxygens (including phenoxy) is 1. The summed E-state index contributed by atoms with van der Waals surface area (Å²) < 4.78 is 20.5. The predicted octanol–water partition coefficient (Wildman–Crippen LogP) is 2.47. The van der Waals surface area contributed by atoms with Crippen molar-refractivity contribution >= 4 is 15.9 Å². The topological polar surface area (TPSA) is 44.1 Å². The smallest absolute Gasteiger partial charge is 0.313 e. The zero-order valence-electron chi connectivity index (χ0n) is 8.85. The zero-order valence-corrected chi connectivity index (χ0v) is 10.4. The Morgan fingerprint density at radius 2 is 2.24 bits per heavy atom. The first-order valence-electron chi connectivity index (χ1n) is 4.72. The number of hydrogen-bond donors (Lipinski definition) is 0. The maximum atomic E-state index is 13.4. The van der Waals surface area contributed by atoms with Crippen LogP contribution in [0.4, 0.5) is 4.39 Å². The van der Waals surface area contributed by atoms with Gasteiger partial charge in [0, 0.05) is 23.9 Å². The van der Waals surface area contributed by atoms with Crippen molar-refractivity contribution in [3.8, 4) is 11.6 Å². The number of aromatic nitrogens is 2. The Hall–Kier alpha value is -1.69. The molecule has 0 N–H and O–H groups in total. The molecular weight excluding hydrogens is 291 g/mol. The van der Waals surface area contributed by atoms with Crippen LogP contribution in [0.5, 0.6) is 11.6 Å². The van der Waals surface area contributed by atoms with Gasteiger partial charge in [0.25, 0.3) is 5.88 Å². The summed E-state index contributed by atoms with van der Waals surface area (Å²) in [7, 11) is 1.56. The minimum absolute atomic E-state index is 0.0461. The summed E-state index contributed by atoms with van der Waals surface area (Å²) >= 11 is 3.19. The van der Waals surface area contributed by atoms with Gasteiger partial charge in [-0.05, 0) is 18.2 Å². The minimum Gasteiger partial charge on any atom is -0.431 e. The van der Waals surface area contributed by atoms with Crippen LogP contribution in [0.25, 0.3) is 0 Å². The highest BCUT2D eigenvalue weighted by Gasteiger charge is 2.09. The monoisotopic (exact) mass is 298 g/mol. The van der Waals surface area contributed by atoms with Gasteiger partial charge in [-0.25, -0.2) is 9.37 Å². The quantitative estimate of drug-likeness (QED) is 0.855. The fraction of sp³-hybridized carbons (Fsp3) is 0.0909. The van der Waals surface area contributed by atoms with E-state index < -0.39 is 11.4 Å². The standard InChI is InChI=1S/C11H8BrFN2O2/c1-15-5-4-14-10(11(15)16)17-9-6-7(12)2-3-8(9)13/h2-6H,1H3. The van der Waals surface area contributed by atoms with Crippen molar-refractivity contribution in [1.82, 2.24) is 9.55 Å². The van der Waals surface area contributed by atoms with Crippen LogP contribution in [0, 0.1) is 5.82 Å². The molecule has 0 aliphatic heterocycles. The predicted molar refractivity (Wildman–Crippen MR) is 63.7 cm³/mol. The van der Waals surface area contributed by atoms with Crippen LogP contribution in [0.2, 0.25) is 0 Å². The largest absolute Gasteiger partial charge is 0.431 e. The van der Waals surface area contributed by atoms with Gasteiger partial charge in [-0.15, -0.1) is 0 Å². The number of nitrogens with zero attached hydrogens (tertiary/aromatic N) is 2. The molecule has 0 aliphatic carbocycles. The van der Waals surface area contributed by atoms with Crippen molar-refractivity contribution in [2.24, 2.45) is 7.05 Å². The van der Waals surface area contributed by atoms with E-state index >= 15 is 0 Å². The maximum Gasteiger partial charge on any atom is 0.313 e. The fourth-order valence-electron chi connectivity index (χ4n) is 1.20. The molecule has 2 aromatic rings. The third-order valence-electron chi connectivity index (χ3n) is 2.09. The van der Waals surface area contributed by atoms with Crippen LogP contribution >= 0.6 is 15.9 Å². The number of aryl methyl sites for hydroxylation is 1. The van der Waals surface area contributed by atoms with Crippen molar-refractivity contribution in [3.63, 3.8) is 0 Å². The molecule has 88 valence electrons. The third-order valence-corrected chi connectivity index (χ3v) is 2.58. The molecule has 0 radical (unpaired) electrons. The molecule has 0 amide bonds. The first-order chi connectivity index (χ1) is 8.08. The van der Waals surface area contributed by atoms with Crippen molar-refractivity contribution in [3.05, 3.63) is 51.2 Å². The Morgan fingerprint density at radius 1 is 1.47 bits per heavy atom. The average Bonchev–Trinajstić information content (AvgIpc) is 2.30. The summed E-state index contributed by atoms with van der Waals surface area (Å²) in [4.78, 5) is 15.4. The summed E-state index contributed by atoms with van der Waals surface area (Å²) in [5.41, 5.74) is -0.424. The Kier molecular flexibility index (Phi) is 3.23. The SMILES string of the molecule is Cn1ccnc(Oc2cc(Br)ccc2F)c1=O. The van der Waals surface area contributed by atoms with Gasteiger partial charge in [-0.2, -0.15) is 0 Å². The summed E-state index contributed by atoms with van der Waals surface area (Å²) in [6.45, 7) is 0. The van der Waals surface area contributed by atoms with Crippen molar-refractivity contribution in [2.45, 2.75) is 0 Å². The van der Waals surface area contributed by atoms with Crippen molar-refractivity contribution in [2.75, 3.05) is 0 Å². The molecule has 0 unspecified atom stereocenters. The van der Waals surface area contributed by atoms with E-state index in [1.807, 2.05) is 0 Å². The van der Waals surface area contributed by atoms with E-state index in [0.29, 0.717) is 4.47 Å². The average molecular weight is 299 g/mol. The lowest BCUT2D eigenvalue weighted by molar-refractivity contribution is 0.416. The van der Waals surface area contributed by atoms with Gasteiger partial charge >= 0.3 is 5.56 Å². The second kappa shape index (κ2) is 4.67. The Balaban J connectivity index is 2.41. The highest BCUT2D eigenvalue weighted by molar-refractivity contribution is 9.10. The summed E-state index contributed by atoms with van der Waals surface area (Å²) in [6, 6.07) is 4.22. The van der Waals surface area contributed by atoms with Gasteiger partial charge in [0.1, 0.15) is 0 Å². The van der Waals surface area contributed by atoms with E-state index in [4.69, 9.17) is 4.74 Å². The van der Waals surface area contributed by atoms with E-state index in [9.17, 15) is 9.18 Å². The van der Waals surface area contributed by atoms with E-state index in [1.54, 1.807) is 13.1 Å². The molecule has 1 aromatic heterocycles. The summed E-state index contributed by atoms with van der Waals surface area (Å²) in [6.07, 6.45) is 2.90. The van der Waals surface area contributed by atoms with Gasteiger partial charge in [-0.3, -0.25) is 4.79 Å². The van der Waals surface area contributed by atoms with Crippen LogP contribution in [0.3, 0.4) is 0 Å². The molecule has 1 aromatic carbocycles. The fourth-order valence-corrected chi connectivity index (χ4v) is 1.54. The Bertz CT molecular complexity index is 613. The van der Waals surface area contributed by atoms with Crippen LogP contribution in [-0.2, 0) is 7.05 Å². The number of benzene rings is 1. The second-order valence-corrected chi connectivity index (χ2v) is 4.24. The molecule has 1 heterocycles. The van der Waals surface area contributed by atoms with Crippen molar-refractivity contribution in [1.29, 1.82) is 0 Å². The van der Waals surface area contributed by atoms with E-state index in [-0.39, 0.29) is 11.6 Å². The first-order valence-corrected chi connectivity index (χ1v) is 5.52. The number of hydrogen-bond acceptors (Lipinski definition) is 3. The zero-order chi connectivity index (χ0) is 12.4. The van der Waals surface area contributed by atoms with E-state index in [2.05, 4.69) is 20.9 Å². The normalized spacial score (nSPS) is 10.3. The lowest BCUT2D eigenvalue weighted by atomic mass is 10.3. The highest BCUT2D eigenvalue weighted by atomic mass is 79.9. The first kappa shape index (κ1) is 11.8. The molecule has 0 fully saturated rings. The molecule has 0 saturated heterocycles. The Labute approximate surface area is 105 Å². The highest BCUT2D eigenvalue weighted by Crippen LogP contribution is 2.24. The van der Waals surface area contributed by atoms with Crippen LogP contribution in [0.1, 0.15) is 0 Å². The van der Waals surface area contributed by atoms with Crippen molar-refractivity contribution < 1.29 is 9.13 Å². The molecule has 0 aliphatic rings. The van der Waals surface area contributed by atoms with Gasteiger partial charge in [0.15, 0.2) is 11.6 Å². The number of rotatable bonds is 2. The molecule has 6 heteroatoms. The third kappa shape index (κ3) is 2.52. The van der Waals surface area contributed by atoms with Gasteiger partial charge in [0.2, 0.25) is 0 Å². The van der Waals surface area contributed by atoms with Gasteiger partial charge in [-0.1, -0.05) is 15.9 Å². The van der Waals surface area contributed by atoms with E-state index in [0.717, 1.165) is 0 Å². The molecule has 2 rings (SSSR count). The molecule has 0 atom stereocenters. The second-order valence-electron chi connectivity index (χ2n) is 3.33. The molecule has 0 spiro atoms. The lowest BCUT2D eigenvalue weighted by Gasteiger charge is -2.06. The molecule has 17 heavy (non-hydrogen) atoms. The summed E-state index contributed by atoms with van der Waals surface area (Å²) in [5, 5.41) is 0. The minimum atomic E-state index is -0.555. The van der Waals surface area contributed by atoms with Crippen LogP contribution in [0.15, 0.2) is 39.9 Å². The molecule has 0 bridgehead atoms. The lowest BCUT2D eigenvalue weighted by Crippen LogP contribution is -2.18. The molecule has 4 nitrogen and oxygen atoms in total. The molecule has 0 saturated carbocycles. The molecular formula is C11H8BrFN2O2.